The number of aromatic nitrogens is 2. The zero-order valence-electron chi connectivity index (χ0n) is 21.9. The van der Waals surface area contributed by atoms with Gasteiger partial charge in [-0.15, -0.1) is 0 Å². The molecule has 0 fully saturated rings. The second-order valence-corrected chi connectivity index (χ2v) is 10.8. The summed E-state index contributed by atoms with van der Waals surface area (Å²) in [5, 5.41) is 3.83. The lowest BCUT2D eigenvalue weighted by molar-refractivity contribution is 0.0785. The Balaban J connectivity index is 1.57. The van der Waals surface area contributed by atoms with Gasteiger partial charge in [-0.25, -0.2) is 17.8 Å². The van der Waals surface area contributed by atoms with E-state index in [4.69, 9.17) is 8.94 Å². The van der Waals surface area contributed by atoms with Gasteiger partial charge in [0.25, 0.3) is 15.9 Å². The molecular weight excluding hydrogens is 534 g/mol. The molecule has 0 radical (unpaired) electrons. The number of amides is 1. The fourth-order valence-electron chi connectivity index (χ4n) is 4.25. The van der Waals surface area contributed by atoms with Crippen molar-refractivity contribution in [1.29, 1.82) is 0 Å². The second-order valence-electron chi connectivity index (χ2n) is 9.19. The molecule has 2 aromatic heterocycles. The van der Waals surface area contributed by atoms with Crippen LogP contribution in [-0.2, 0) is 16.6 Å². The Kier molecular flexibility index (Phi) is 7.22. The van der Waals surface area contributed by atoms with E-state index in [1.54, 1.807) is 57.3 Å². The third-order valence-electron chi connectivity index (χ3n) is 6.48. The number of benzene rings is 3. The predicted octanol–water partition coefficient (Wildman–Crippen LogP) is 5.83. The Bertz CT molecular complexity index is 1780. The molecule has 1 amide bonds. The Morgan fingerprint density at radius 1 is 1.02 bits per heavy atom. The number of carbonyl (C=O) groups is 1. The van der Waals surface area contributed by atoms with Gasteiger partial charge in [-0.05, 0) is 67.4 Å². The lowest BCUT2D eigenvalue weighted by Gasteiger charge is -2.21. The lowest BCUT2D eigenvalue weighted by atomic mass is 9.96. The van der Waals surface area contributed by atoms with Gasteiger partial charge >= 0.3 is 0 Å². The van der Waals surface area contributed by atoms with E-state index in [0.29, 0.717) is 45.0 Å². The van der Waals surface area contributed by atoms with Gasteiger partial charge < -0.3 is 13.8 Å². The van der Waals surface area contributed by atoms with Gasteiger partial charge in [0.15, 0.2) is 5.82 Å². The summed E-state index contributed by atoms with van der Waals surface area (Å²) in [6, 6.07) is 17.2. The van der Waals surface area contributed by atoms with Crippen LogP contribution in [0.25, 0.3) is 22.6 Å². The van der Waals surface area contributed by atoms with Gasteiger partial charge in [-0.2, -0.15) is 0 Å². The normalized spacial score (nSPS) is 11.4. The van der Waals surface area contributed by atoms with Crippen LogP contribution in [0.1, 0.15) is 27.2 Å². The average Bonchev–Trinajstić information content (AvgIpc) is 3.59. The fourth-order valence-corrected chi connectivity index (χ4v) is 5.53. The second kappa shape index (κ2) is 10.8. The first-order valence-electron chi connectivity index (χ1n) is 12.2. The van der Waals surface area contributed by atoms with Crippen LogP contribution in [0.3, 0.4) is 0 Å². The maximum absolute atomic E-state index is 13.6. The molecule has 0 saturated carbocycles. The molecule has 0 atom stereocenters. The molecule has 9 nitrogen and oxygen atoms in total. The highest BCUT2D eigenvalue weighted by Crippen LogP contribution is 2.34. The number of halogens is 1. The van der Waals surface area contributed by atoms with E-state index in [9.17, 15) is 17.6 Å². The lowest BCUT2D eigenvalue weighted by Crippen LogP contribution is -2.26. The van der Waals surface area contributed by atoms with Crippen LogP contribution in [-0.4, -0.2) is 36.4 Å². The number of anilines is 1. The minimum absolute atomic E-state index is 0.0210. The molecule has 5 aromatic rings. The largest absolute Gasteiger partial charge is 0.445 e. The van der Waals surface area contributed by atoms with Crippen LogP contribution in [0.15, 0.2) is 93.0 Å². The molecule has 3 aromatic carbocycles. The highest BCUT2D eigenvalue weighted by molar-refractivity contribution is 7.92. The van der Waals surface area contributed by atoms with Crippen molar-refractivity contribution in [3.8, 4) is 22.6 Å². The standard InChI is InChI=1S/C29H25FN4O5S/c1-18-19(2)39-32-27(18)33-40(36,37)26-7-5-4-6-25(26)24-13-10-21(28-31-14-15-38-28)16-22(24)17-34(3)29(35)20-8-11-23(30)12-9-20/h4-16H,17H2,1-3H3,(H,32,33)/i30-1. The number of nitrogens with one attached hydrogen (secondary N) is 1. The van der Waals surface area contributed by atoms with Gasteiger partial charge in [0.1, 0.15) is 17.8 Å². The maximum atomic E-state index is 13.6. The number of nitrogens with zero attached hydrogens (tertiary/aromatic N) is 3. The van der Waals surface area contributed by atoms with E-state index < -0.39 is 15.8 Å². The smallest absolute Gasteiger partial charge is 0.263 e. The van der Waals surface area contributed by atoms with E-state index in [2.05, 4.69) is 14.9 Å². The molecule has 0 bridgehead atoms. The Morgan fingerprint density at radius 2 is 1.77 bits per heavy atom. The van der Waals surface area contributed by atoms with Crippen molar-refractivity contribution < 1.29 is 26.5 Å². The van der Waals surface area contributed by atoms with E-state index >= 15 is 0 Å². The highest BCUT2D eigenvalue weighted by atomic mass is 32.2. The number of carbonyl (C=O) groups excluding carboxylic acids is 1. The van der Waals surface area contributed by atoms with Crippen molar-refractivity contribution in [2.45, 2.75) is 25.3 Å². The maximum Gasteiger partial charge on any atom is 0.263 e. The molecule has 1 N–H and O–H groups in total. The molecule has 40 heavy (non-hydrogen) atoms. The van der Waals surface area contributed by atoms with E-state index in [1.807, 2.05) is 0 Å². The summed E-state index contributed by atoms with van der Waals surface area (Å²) in [6.45, 7) is 3.52. The molecule has 11 heteroatoms. The molecule has 204 valence electrons. The number of hydrogen-bond donors (Lipinski definition) is 1. The van der Waals surface area contributed by atoms with Crippen LogP contribution < -0.4 is 4.72 Å². The summed E-state index contributed by atoms with van der Waals surface area (Å²) in [6.07, 6.45) is 2.97. The number of oxazole rings is 1. The third kappa shape index (κ3) is 5.36. The van der Waals surface area contributed by atoms with E-state index in [-0.39, 0.29) is 23.2 Å². The minimum atomic E-state index is -4.08. The summed E-state index contributed by atoms with van der Waals surface area (Å²) >= 11 is 0. The minimum Gasteiger partial charge on any atom is -0.445 e. The van der Waals surface area contributed by atoms with Gasteiger partial charge in [0.2, 0.25) is 5.89 Å². The van der Waals surface area contributed by atoms with Crippen molar-refractivity contribution in [3.63, 3.8) is 0 Å². The van der Waals surface area contributed by atoms with Crippen LogP contribution >= 0.6 is 0 Å². The predicted molar refractivity (Wildman–Crippen MR) is 146 cm³/mol. The highest BCUT2D eigenvalue weighted by Gasteiger charge is 2.24. The van der Waals surface area contributed by atoms with Crippen LogP contribution in [0.5, 0.6) is 0 Å². The quantitative estimate of drug-likeness (QED) is 0.254. The molecule has 0 aliphatic rings. The number of rotatable bonds is 8. The molecule has 5 rings (SSSR count). The molecule has 0 spiro atoms. The van der Waals surface area contributed by atoms with Gasteiger partial charge in [-0.1, -0.05) is 29.4 Å². The first-order chi connectivity index (χ1) is 19.1. The van der Waals surface area contributed by atoms with Crippen molar-refractivity contribution in [1.82, 2.24) is 15.0 Å². The van der Waals surface area contributed by atoms with Crippen LogP contribution in [0.2, 0.25) is 0 Å². The molecular formula is C29H25FN4O5S. The summed E-state index contributed by atoms with van der Waals surface area (Å²) in [5.41, 5.74) is 3.20. The zero-order chi connectivity index (χ0) is 28.4. The number of sulfonamides is 1. The van der Waals surface area contributed by atoms with Crippen LogP contribution in [0.4, 0.5) is 10.2 Å². The molecule has 0 unspecified atom stereocenters. The monoisotopic (exact) mass is 559 g/mol. The van der Waals surface area contributed by atoms with Gasteiger partial charge in [0.05, 0.1) is 11.1 Å². The van der Waals surface area contributed by atoms with Gasteiger partial charge in [0, 0.05) is 35.8 Å². The van der Waals surface area contributed by atoms with Crippen molar-refractivity contribution in [2.75, 3.05) is 11.8 Å². The summed E-state index contributed by atoms with van der Waals surface area (Å²) < 4.78 is 53.6. The first-order valence-corrected chi connectivity index (χ1v) is 13.7. The molecule has 0 saturated heterocycles. The molecule has 2 heterocycles. The number of hydrogen-bond acceptors (Lipinski definition) is 7. The number of aryl methyl sites for hydroxylation is 1. The summed E-state index contributed by atoms with van der Waals surface area (Å²) in [7, 11) is -2.46. The SMILES string of the molecule is Cc1onc(NS(=O)(=O)c2ccccc2-c2ccc(-c3ncco3)cc2CN(C)C(=O)c2ccc([18F])cc2)c1C. The Hall–Kier alpha value is -4.77. The summed E-state index contributed by atoms with van der Waals surface area (Å²) in [4.78, 5) is 18.8. The fraction of sp³-hybridized carbons (Fsp3) is 0.138. The third-order valence-corrected chi connectivity index (χ3v) is 7.88. The van der Waals surface area contributed by atoms with Crippen molar-refractivity contribution in [3.05, 3.63) is 107 Å². The molecule has 0 aliphatic carbocycles. The van der Waals surface area contributed by atoms with Crippen molar-refractivity contribution >= 4 is 21.7 Å². The van der Waals surface area contributed by atoms with Gasteiger partial charge in [-0.3, -0.25) is 9.52 Å². The molecule has 0 aliphatic heterocycles. The summed E-state index contributed by atoms with van der Waals surface area (Å²) in [5.74, 6) is 0.217. The van der Waals surface area contributed by atoms with Crippen LogP contribution in [0, 0.1) is 19.7 Å². The topological polar surface area (TPSA) is 119 Å². The Labute approximate surface area is 230 Å². The van der Waals surface area contributed by atoms with Crippen molar-refractivity contribution in [2.24, 2.45) is 0 Å². The van der Waals surface area contributed by atoms with E-state index in [0.717, 1.165) is 0 Å². The average molecular weight is 560 g/mol. The zero-order valence-corrected chi connectivity index (χ0v) is 22.7. The first kappa shape index (κ1) is 26.8. The Morgan fingerprint density at radius 3 is 2.45 bits per heavy atom. The van der Waals surface area contributed by atoms with E-state index in [1.165, 1.54) is 47.7 Å².